The van der Waals surface area contributed by atoms with E-state index in [2.05, 4.69) is 15.5 Å². The van der Waals surface area contributed by atoms with Crippen LogP contribution < -0.4 is 15.4 Å². The molecule has 1 saturated heterocycles. The van der Waals surface area contributed by atoms with Gasteiger partial charge in [0.05, 0.1) is 24.8 Å². The number of rotatable bonds is 7. The lowest BCUT2D eigenvalue weighted by Crippen LogP contribution is -2.44. The first-order chi connectivity index (χ1) is 11.1. The minimum atomic E-state index is -0.417. The van der Waals surface area contributed by atoms with Crippen LogP contribution in [0, 0.1) is 5.82 Å². The maximum atomic E-state index is 12.9. The van der Waals surface area contributed by atoms with Gasteiger partial charge in [-0.2, -0.15) is 0 Å². The molecule has 1 aliphatic rings. The van der Waals surface area contributed by atoms with E-state index >= 15 is 0 Å². The summed E-state index contributed by atoms with van der Waals surface area (Å²) in [5.74, 6) is -0.0253. The van der Waals surface area contributed by atoms with Crippen molar-refractivity contribution in [3.63, 3.8) is 0 Å². The first-order valence-corrected chi connectivity index (χ1v) is 7.92. The highest BCUT2D eigenvalue weighted by molar-refractivity contribution is 6.32. The lowest BCUT2D eigenvalue weighted by molar-refractivity contribution is 0.0387. The fraction of sp³-hybridized carbons (Fsp3) is 0.533. The Labute approximate surface area is 139 Å². The fourth-order valence-corrected chi connectivity index (χ4v) is 2.35. The first kappa shape index (κ1) is 17.8. The molecule has 1 fully saturated rings. The molecule has 2 rings (SSSR count). The van der Waals surface area contributed by atoms with Crippen LogP contribution in [0.15, 0.2) is 18.2 Å². The molecule has 1 aromatic rings. The zero-order valence-corrected chi connectivity index (χ0v) is 13.6. The van der Waals surface area contributed by atoms with Gasteiger partial charge in [0.15, 0.2) is 0 Å². The third-order valence-electron chi connectivity index (χ3n) is 3.36. The summed E-state index contributed by atoms with van der Waals surface area (Å²) in [5.41, 5.74) is 0. The van der Waals surface area contributed by atoms with Gasteiger partial charge in [0.2, 0.25) is 0 Å². The second-order valence-electron chi connectivity index (χ2n) is 5.06. The van der Waals surface area contributed by atoms with Crippen LogP contribution in [0.1, 0.15) is 0 Å². The molecule has 0 radical (unpaired) electrons. The summed E-state index contributed by atoms with van der Waals surface area (Å²) in [7, 11) is 0. The highest BCUT2D eigenvalue weighted by Crippen LogP contribution is 2.24. The topological polar surface area (TPSA) is 62.8 Å². The number of carbonyl (C=O) groups is 1. The monoisotopic (exact) mass is 345 g/mol. The molecule has 0 bridgehead atoms. The van der Waals surface area contributed by atoms with Crippen molar-refractivity contribution in [2.75, 3.05) is 52.5 Å². The molecular formula is C15H21ClFN3O3. The number of amides is 2. The summed E-state index contributed by atoms with van der Waals surface area (Å²) in [4.78, 5) is 13.9. The molecule has 1 aliphatic heterocycles. The van der Waals surface area contributed by atoms with Crippen molar-refractivity contribution in [3.05, 3.63) is 29.0 Å². The summed E-state index contributed by atoms with van der Waals surface area (Å²) >= 11 is 5.84. The Hall–Kier alpha value is -1.57. The number of nitrogens with zero attached hydrogens (tertiary/aromatic N) is 1. The third-order valence-corrected chi connectivity index (χ3v) is 3.65. The van der Waals surface area contributed by atoms with Crippen molar-refractivity contribution in [1.82, 2.24) is 15.5 Å². The van der Waals surface area contributed by atoms with E-state index in [-0.39, 0.29) is 17.7 Å². The smallest absolute Gasteiger partial charge is 0.314 e. The molecule has 0 saturated carbocycles. The van der Waals surface area contributed by atoms with Crippen LogP contribution in [0.2, 0.25) is 5.02 Å². The molecular weight excluding hydrogens is 325 g/mol. The minimum absolute atomic E-state index is 0.208. The van der Waals surface area contributed by atoms with Crippen LogP contribution in [0.3, 0.4) is 0 Å². The average Bonchev–Trinajstić information content (AvgIpc) is 2.54. The second-order valence-corrected chi connectivity index (χ2v) is 5.47. The summed E-state index contributed by atoms with van der Waals surface area (Å²) in [6.07, 6.45) is 0. The molecule has 0 spiro atoms. The number of ether oxygens (including phenoxy) is 2. The van der Waals surface area contributed by atoms with Gasteiger partial charge in [-0.3, -0.25) is 4.90 Å². The van der Waals surface area contributed by atoms with Gasteiger partial charge >= 0.3 is 6.03 Å². The number of benzene rings is 1. The lowest BCUT2D eigenvalue weighted by atomic mass is 10.3. The number of carbonyl (C=O) groups excluding carboxylic acids is 1. The maximum Gasteiger partial charge on any atom is 0.314 e. The minimum Gasteiger partial charge on any atom is -0.490 e. The largest absolute Gasteiger partial charge is 0.490 e. The first-order valence-electron chi connectivity index (χ1n) is 7.55. The van der Waals surface area contributed by atoms with Gasteiger partial charge < -0.3 is 20.1 Å². The van der Waals surface area contributed by atoms with Gasteiger partial charge in [-0.05, 0) is 18.2 Å². The number of nitrogens with one attached hydrogen (secondary N) is 2. The van der Waals surface area contributed by atoms with E-state index in [1.54, 1.807) is 0 Å². The molecule has 0 aliphatic carbocycles. The highest BCUT2D eigenvalue weighted by Gasteiger charge is 2.10. The van der Waals surface area contributed by atoms with E-state index < -0.39 is 5.82 Å². The Morgan fingerprint density at radius 2 is 2.04 bits per heavy atom. The summed E-state index contributed by atoms with van der Waals surface area (Å²) < 4.78 is 23.5. The fourth-order valence-electron chi connectivity index (χ4n) is 2.13. The van der Waals surface area contributed by atoms with Crippen molar-refractivity contribution in [3.8, 4) is 5.75 Å². The Morgan fingerprint density at radius 1 is 1.30 bits per heavy atom. The molecule has 23 heavy (non-hydrogen) atoms. The number of halogens is 2. The summed E-state index contributed by atoms with van der Waals surface area (Å²) in [6, 6.07) is 3.67. The molecule has 0 unspecified atom stereocenters. The van der Waals surface area contributed by atoms with E-state index in [1.807, 2.05) is 0 Å². The Kier molecular flexibility index (Phi) is 7.38. The highest BCUT2D eigenvalue weighted by atomic mass is 35.5. The number of morpholine rings is 1. The summed E-state index contributed by atoms with van der Waals surface area (Å²) in [6.45, 7) is 5.25. The molecule has 0 atom stereocenters. The van der Waals surface area contributed by atoms with Gasteiger partial charge in [0.25, 0.3) is 0 Å². The van der Waals surface area contributed by atoms with Gasteiger partial charge in [-0.1, -0.05) is 11.6 Å². The molecule has 6 nitrogen and oxygen atoms in total. The number of urea groups is 1. The van der Waals surface area contributed by atoms with Crippen molar-refractivity contribution in [1.29, 1.82) is 0 Å². The molecule has 2 amide bonds. The molecule has 1 heterocycles. The van der Waals surface area contributed by atoms with Crippen LogP contribution in [0.4, 0.5) is 9.18 Å². The van der Waals surface area contributed by atoms with Gasteiger partial charge in [-0.25, -0.2) is 9.18 Å². The standard InChI is InChI=1S/C15H21ClFN3O3/c16-13-11-12(17)1-2-14(13)23-8-4-19-15(21)18-3-5-20-6-9-22-10-7-20/h1-2,11H,3-10H2,(H2,18,19,21). The average molecular weight is 346 g/mol. The Morgan fingerprint density at radius 3 is 2.78 bits per heavy atom. The van der Waals surface area contributed by atoms with E-state index in [9.17, 15) is 9.18 Å². The normalized spacial score (nSPS) is 15.2. The van der Waals surface area contributed by atoms with E-state index in [1.165, 1.54) is 18.2 Å². The van der Waals surface area contributed by atoms with Crippen molar-refractivity contribution in [2.24, 2.45) is 0 Å². The number of hydrogen-bond donors (Lipinski definition) is 2. The van der Waals surface area contributed by atoms with Crippen LogP contribution in [0.5, 0.6) is 5.75 Å². The quantitative estimate of drug-likeness (QED) is 0.735. The maximum absolute atomic E-state index is 12.9. The zero-order chi connectivity index (χ0) is 16.5. The molecule has 2 N–H and O–H groups in total. The van der Waals surface area contributed by atoms with E-state index in [0.29, 0.717) is 18.8 Å². The van der Waals surface area contributed by atoms with Gasteiger partial charge in [0.1, 0.15) is 18.2 Å². The third kappa shape index (κ3) is 6.60. The van der Waals surface area contributed by atoms with Crippen molar-refractivity contribution in [2.45, 2.75) is 0 Å². The van der Waals surface area contributed by atoms with E-state index in [0.717, 1.165) is 32.8 Å². The predicted octanol–water partition coefficient (Wildman–Crippen LogP) is 1.49. The molecule has 128 valence electrons. The lowest BCUT2D eigenvalue weighted by Gasteiger charge is -2.26. The molecule has 1 aromatic carbocycles. The van der Waals surface area contributed by atoms with Crippen LogP contribution in [-0.4, -0.2) is 63.5 Å². The predicted molar refractivity (Wildman–Crippen MR) is 85.6 cm³/mol. The molecule has 0 aromatic heterocycles. The van der Waals surface area contributed by atoms with Crippen molar-refractivity contribution < 1.29 is 18.7 Å². The van der Waals surface area contributed by atoms with E-state index in [4.69, 9.17) is 21.1 Å². The Bertz CT molecular complexity index is 513. The Balaban J connectivity index is 1.54. The summed E-state index contributed by atoms with van der Waals surface area (Å²) in [5, 5.41) is 5.68. The van der Waals surface area contributed by atoms with Gasteiger partial charge in [-0.15, -0.1) is 0 Å². The molecule has 8 heteroatoms. The van der Waals surface area contributed by atoms with Crippen LogP contribution >= 0.6 is 11.6 Å². The zero-order valence-electron chi connectivity index (χ0n) is 12.8. The SMILES string of the molecule is O=C(NCCOc1ccc(F)cc1Cl)NCCN1CCOCC1. The van der Waals surface area contributed by atoms with Crippen LogP contribution in [0.25, 0.3) is 0 Å². The van der Waals surface area contributed by atoms with Crippen LogP contribution in [-0.2, 0) is 4.74 Å². The second kappa shape index (κ2) is 9.54. The van der Waals surface area contributed by atoms with Gasteiger partial charge in [0, 0.05) is 26.2 Å². The van der Waals surface area contributed by atoms with Crippen molar-refractivity contribution >= 4 is 17.6 Å². The number of hydrogen-bond acceptors (Lipinski definition) is 4.